The normalized spacial score (nSPS) is 26.9. The summed E-state index contributed by atoms with van der Waals surface area (Å²) in [6.45, 7) is 5.44. The number of benzene rings is 1. The third kappa shape index (κ3) is 2.38. The maximum absolute atomic E-state index is 9.79. The quantitative estimate of drug-likeness (QED) is 0.826. The SMILES string of the molecule is CC1CCCC(C)N1Cc1ccccc1O. The molecule has 0 aromatic heterocycles. The molecular formula is C14H21NO. The van der Waals surface area contributed by atoms with Gasteiger partial charge in [0.05, 0.1) is 0 Å². The summed E-state index contributed by atoms with van der Waals surface area (Å²) in [5.41, 5.74) is 1.04. The predicted molar refractivity (Wildman–Crippen MR) is 66.4 cm³/mol. The van der Waals surface area contributed by atoms with Crippen molar-refractivity contribution >= 4 is 0 Å². The van der Waals surface area contributed by atoms with Gasteiger partial charge in [-0.25, -0.2) is 0 Å². The highest BCUT2D eigenvalue weighted by atomic mass is 16.3. The largest absolute Gasteiger partial charge is 0.508 e. The second kappa shape index (κ2) is 4.88. The van der Waals surface area contributed by atoms with Crippen LogP contribution in [0.4, 0.5) is 0 Å². The molecule has 2 nitrogen and oxygen atoms in total. The number of aromatic hydroxyl groups is 1. The van der Waals surface area contributed by atoms with Gasteiger partial charge < -0.3 is 5.11 Å². The Morgan fingerprint density at radius 2 is 1.81 bits per heavy atom. The van der Waals surface area contributed by atoms with Crippen LogP contribution >= 0.6 is 0 Å². The smallest absolute Gasteiger partial charge is 0.120 e. The number of hydrogen-bond acceptors (Lipinski definition) is 2. The summed E-state index contributed by atoms with van der Waals surface area (Å²) < 4.78 is 0. The first-order valence-electron chi connectivity index (χ1n) is 6.21. The fourth-order valence-corrected chi connectivity index (χ4v) is 2.63. The molecule has 1 heterocycles. The Morgan fingerprint density at radius 1 is 1.19 bits per heavy atom. The molecule has 0 aliphatic carbocycles. The number of rotatable bonds is 2. The van der Waals surface area contributed by atoms with Gasteiger partial charge in [0.1, 0.15) is 5.75 Å². The van der Waals surface area contributed by atoms with Gasteiger partial charge in [0.15, 0.2) is 0 Å². The van der Waals surface area contributed by atoms with Gasteiger partial charge in [-0.15, -0.1) is 0 Å². The Labute approximate surface area is 97.9 Å². The second-order valence-corrected chi connectivity index (χ2v) is 4.93. The van der Waals surface area contributed by atoms with Crippen LogP contribution in [0.3, 0.4) is 0 Å². The van der Waals surface area contributed by atoms with E-state index in [1.54, 1.807) is 6.07 Å². The molecule has 1 aliphatic heterocycles. The molecule has 2 atom stereocenters. The molecule has 0 spiro atoms. The molecule has 2 rings (SSSR count). The summed E-state index contributed by atoms with van der Waals surface area (Å²) in [4.78, 5) is 2.50. The number of phenols is 1. The zero-order valence-electron chi connectivity index (χ0n) is 10.2. The first-order valence-corrected chi connectivity index (χ1v) is 6.21. The van der Waals surface area contributed by atoms with Gasteiger partial charge in [-0.05, 0) is 32.8 Å². The lowest BCUT2D eigenvalue weighted by molar-refractivity contribution is 0.0944. The van der Waals surface area contributed by atoms with Crippen molar-refractivity contribution in [1.82, 2.24) is 4.90 Å². The number of para-hydroxylation sites is 1. The van der Waals surface area contributed by atoms with Crippen molar-refractivity contribution in [2.45, 2.75) is 51.7 Å². The minimum atomic E-state index is 0.424. The van der Waals surface area contributed by atoms with Crippen LogP contribution in [-0.4, -0.2) is 22.1 Å². The van der Waals surface area contributed by atoms with Crippen LogP contribution in [0.5, 0.6) is 5.75 Å². The van der Waals surface area contributed by atoms with Crippen molar-refractivity contribution in [2.24, 2.45) is 0 Å². The first-order chi connectivity index (χ1) is 7.68. The zero-order valence-corrected chi connectivity index (χ0v) is 10.2. The van der Waals surface area contributed by atoms with E-state index in [4.69, 9.17) is 0 Å². The van der Waals surface area contributed by atoms with Crippen molar-refractivity contribution in [2.75, 3.05) is 0 Å². The van der Waals surface area contributed by atoms with Crippen LogP contribution in [0.1, 0.15) is 38.7 Å². The van der Waals surface area contributed by atoms with Crippen LogP contribution in [0.2, 0.25) is 0 Å². The van der Waals surface area contributed by atoms with Crippen molar-refractivity contribution in [3.8, 4) is 5.75 Å². The summed E-state index contributed by atoms with van der Waals surface area (Å²) >= 11 is 0. The summed E-state index contributed by atoms with van der Waals surface area (Å²) in [6.07, 6.45) is 3.88. The number of hydrogen-bond donors (Lipinski definition) is 1. The van der Waals surface area contributed by atoms with Gasteiger partial charge in [0.25, 0.3) is 0 Å². The third-order valence-electron chi connectivity index (χ3n) is 3.72. The van der Waals surface area contributed by atoms with E-state index < -0.39 is 0 Å². The highest BCUT2D eigenvalue weighted by Crippen LogP contribution is 2.27. The van der Waals surface area contributed by atoms with Crippen LogP contribution in [-0.2, 0) is 6.54 Å². The van der Waals surface area contributed by atoms with Crippen LogP contribution < -0.4 is 0 Å². The molecule has 2 heteroatoms. The van der Waals surface area contributed by atoms with E-state index in [0.717, 1.165) is 12.1 Å². The van der Waals surface area contributed by atoms with E-state index in [9.17, 15) is 5.11 Å². The van der Waals surface area contributed by atoms with Crippen molar-refractivity contribution in [3.05, 3.63) is 29.8 Å². The Morgan fingerprint density at radius 3 is 2.44 bits per heavy atom. The number of likely N-dealkylation sites (tertiary alicyclic amines) is 1. The topological polar surface area (TPSA) is 23.5 Å². The minimum absolute atomic E-state index is 0.424. The molecule has 16 heavy (non-hydrogen) atoms. The molecule has 0 radical (unpaired) electrons. The van der Waals surface area contributed by atoms with Crippen LogP contribution in [0.25, 0.3) is 0 Å². The Hall–Kier alpha value is -1.02. The monoisotopic (exact) mass is 219 g/mol. The highest BCUT2D eigenvalue weighted by Gasteiger charge is 2.24. The standard InChI is InChI=1S/C14H21NO/c1-11-6-5-7-12(2)15(11)10-13-8-3-4-9-14(13)16/h3-4,8-9,11-12,16H,5-7,10H2,1-2H3. The molecule has 1 fully saturated rings. The molecule has 1 N–H and O–H groups in total. The van der Waals surface area contributed by atoms with Crippen molar-refractivity contribution < 1.29 is 5.11 Å². The van der Waals surface area contributed by atoms with Crippen molar-refractivity contribution in [3.63, 3.8) is 0 Å². The van der Waals surface area contributed by atoms with Gasteiger partial charge in [-0.3, -0.25) is 4.90 Å². The third-order valence-corrected chi connectivity index (χ3v) is 3.72. The average Bonchev–Trinajstić information content (AvgIpc) is 2.26. The van der Waals surface area contributed by atoms with Gasteiger partial charge in [-0.1, -0.05) is 24.6 Å². The Balaban J connectivity index is 2.11. The molecule has 0 amide bonds. The summed E-state index contributed by atoms with van der Waals surface area (Å²) in [6, 6.07) is 8.92. The highest BCUT2D eigenvalue weighted by molar-refractivity contribution is 5.31. The second-order valence-electron chi connectivity index (χ2n) is 4.93. The molecule has 88 valence electrons. The molecular weight excluding hydrogens is 198 g/mol. The predicted octanol–water partition coefficient (Wildman–Crippen LogP) is 3.16. The summed E-state index contributed by atoms with van der Waals surface area (Å²) in [7, 11) is 0. The molecule has 0 bridgehead atoms. The van der Waals surface area contributed by atoms with E-state index in [0.29, 0.717) is 17.8 Å². The Bertz CT molecular complexity index is 340. The van der Waals surface area contributed by atoms with E-state index in [1.807, 2.05) is 18.2 Å². The van der Waals surface area contributed by atoms with Gasteiger partial charge in [-0.2, -0.15) is 0 Å². The van der Waals surface area contributed by atoms with Gasteiger partial charge >= 0.3 is 0 Å². The van der Waals surface area contributed by atoms with E-state index in [2.05, 4.69) is 18.7 Å². The summed E-state index contributed by atoms with van der Waals surface area (Å²) in [5.74, 6) is 0.424. The number of nitrogens with zero attached hydrogens (tertiary/aromatic N) is 1. The maximum Gasteiger partial charge on any atom is 0.120 e. The lowest BCUT2D eigenvalue weighted by atomic mass is 9.96. The van der Waals surface area contributed by atoms with Crippen LogP contribution in [0.15, 0.2) is 24.3 Å². The van der Waals surface area contributed by atoms with E-state index in [1.165, 1.54) is 19.3 Å². The fourth-order valence-electron chi connectivity index (χ4n) is 2.63. The average molecular weight is 219 g/mol. The first kappa shape index (κ1) is 11.5. The molecule has 1 aliphatic rings. The molecule has 2 unspecified atom stereocenters. The van der Waals surface area contributed by atoms with Crippen molar-refractivity contribution in [1.29, 1.82) is 0 Å². The molecule has 1 aromatic carbocycles. The maximum atomic E-state index is 9.79. The minimum Gasteiger partial charge on any atom is -0.508 e. The zero-order chi connectivity index (χ0) is 11.5. The summed E-state index contributed by atoms with van der Waals surface area (Å²) in [5, 5.41) is 9.79. The van der Waals surface area contributed by atoms with Gasteiger partial charge in [0, 0.05) is 24.2 Å². The fraction of sp³-hybridized carbons (Fsp3) is 0.571. The van der Waals surface area contributed by atoms with Gasteiger partial charge in [0.2, 0.25) is 0 Å². The van der Waals surface area contributed by atoms with E-state index >= 15 is 0 Å². The lowest BCUT2D eigenvalue weighted by Crippen LogP contribution is -2.42. The lowest BCUT2D eigenvalue weighted by Gasteiger charge is -2.39. The van der Waals surface area contributed by atoms with Crippen LogP contribution in [0, 0.1) is 0 Å². The Kier molecular flexibility index (Phi) is 3.49. The number of piperidine rings is 1. The molecule has 1 saturated heterocycles. The molecule has 0 saturated carbocycles. The number of phenolic OH excluding ortho intramolecular Hbond substituents is 1. The molecule has 1 aromatic rings. The van der Waals surface area contributed by atoms with E-state index in [-0.39, 0.29) is 0 Å².